The quantitative estimate of drug-likeness (QED) is 0.171. The summed E-state index contributed by atoms with van der Waals surface area (Å²) < 4.78 is 3.08. The van der Waals surface area contributed by atoms with E-state index in [1.165, 1.54) is 76.9 Å². The summed E-state index contributed by atoms with van der Waals surface area (Å²) >= 11 is 6.17. The molecule has 0 amide bonds. The Morgan fingerprint density at radius 3 is 1.67 bits per heavy atom. The van der Waals surface area contributed by atoms with E-state index in [1.54, 1.807) is 25.2 Å². The molecule has 0 aliphatic carbocycles. The van der Waals surface area contributed by atoms with E-state index in [0.717, 1.165) is 0 Å². The van der Waals surface area contributed by atoms with Crippen LogP contribution in [0.2, 0.25) is 0 Å². The lowest BCUT2D eigenvalue weighted by Crippen LogP contribution is -1.81. The highest BCUT2D eigenvalue weighted by atomic mass is 32.1. The minimum Gasteiger partial charge on any atom is -0.138 e. The van der Waals surface area contributed by atoms with Gasteiger partial charge in [-0.1, -0.05) is 100 Å². The van der Waals surface area contributed by atoms with Crippen LogP contribution in [0.4, 0.5) is 0 Å². The number of fused-ring (bicyclic) bond motifs is 3. The number of aryl methyl sites for hydroxylation is 2. The van der Waals surface area contributed by atoms with E-state index >= 15 is 0 Å². The van der Waals surface area contributed by atoms with Crippen molar-refractivity contribution in [2.45, 2.75) is 65.2 Å². The zero-order chi connectivity index (χ0) is 22.6. The van der Waals surface area contributed by atoms with Crippen molar-refractivity contribution in [3.05, 3.63) is 70.4 Å². The van der Waals surface area contributed by atoms with Crippen LogP contribution in [0, 0.1) is 0 Å². The Kier molecular flexibility index (Phi) is 7.30. The van der Waals surface area contributed by atoms with E-state index in [1.807, 2.05) is 11.3 Å². The molecule has 0 aliphatic rings. The smallest absolute Gasteiger partial charge is 0.0545 e. The number of benzene rings is 2. The third-order valence-electron chi connectivity index (χ3n) is 6.41. The average Bonchev–Trinajstić information content (AvgIpc) is 3.51. The van der Waals surface area contributed by atoms with Gasteiger partial charge in [0, 0.05) is 25.4 Å². The van der Waals surface area contributed by atoms with Crippen molar-refractivity contribution in [3.63, 3.8) is 0 Å². The summed E-state index contributed by atoms with van der Waals surface area (Å²) in [5.41, 5.74) is 2.75. The molecule has 0 nitrogen and oxygen atoms in total. The summed E-state index contributed by atoms with van der Waals surface area (Å²) in [5, 5.41) is 3.11. The molecule has 3 heterocycles. The molecule has 33 heavy (non-hydrogen) atoms. The fraction of sp³-hybridized carbons (Fsp3) is 0.333. The number of hydrogen-bond donors (Lipinski definition) is 0. The van der Waals surface area contributed by atoms with Gasteiger partial charge in [0.25, 0.3) is 0 Å². The topological polar surface area (TPSA) is 0 Å². The largest absolute Gasteiger partial charge is 0.138 e. The molecule has 3 aromatic heterocycles. The second-order valence-electron chi connectivity index (χ2n) is 8.87. The standard InChI is InChI=1S/C30H32S3/c1-3-5-9-19-23-25-26-27(21-15-11-7-12-16-21)32-24(20-10-6-4-2)29(26)33-30(25)28(31-23)22-17-13-8-14-18-22/h7-8,11-18H,3-6,9-10,19-20H2,1-2H3. The Hall–Kier alpha value is -1.94. The fourth-order valence-electron chi connectivity index (χ4n) is 4.70. The molecule has 0 spiro atoms. The highest BCUT2D eigenvalue weighted by Crippen LogP contribution is 2.53. The van der Waals surface area contributed by atoms with Gasteiger partial charge in [0.15, 0.2) is 0 Å². The summed E-state index contributed by atoms with van der Waals surface area (Å²) in [6.45, 7) is 4.60. The average molecular weight is 489 g/mol. The first kappa shape index (κ1) is 22.8. The maximum absolute atomic E-state index is 2.30. The monoisotopic (exact) mass is 488 g/mol. The van der Waals surface area contributed by atoms with E-state index in [0.29, 0.717) is 0 Å². The third-order valence-corrected chi connectivity index (χ3v) is 10.5. The molecule has 170 valence electrons. The molecular weight excluding hydrogens is 457 g/mol. The molecule has 2 aromatic carbocycles. The molecule has 0 fully saturated rings. The molecule has 0 N–H and O–H groups in total. The Balaban J connectivity index is 1.75. The zero-order valence-electron chi connectivity index (χ0n) is 19.7. The van der Waals surface area contributed by atoms with Crippen molar-refractivity contribution in [2.24, 2.45) is 0 Å². The van der Waals surface area contributed by atoms with Crippen LogP contribution in [0.25, 0.3) is 41.1 Å². The van der Waals surface area contributed by atoms with Crippen molar-refractivity contribution in [2.75, 3.05) is 0 Å². The predicted molar refractivity (Wildman–Crippen MR) is 152 cm³/mol. The number of hydrogen-bond acceptors (Lipinski definition) is 3. The van der Waals surface area contributed by atoms with Gasteiger partial charge in [-0.3, -0.25) is 0 Å². The molecule has 0 saturated heterocycles. The van der Waals surface area contributed by atoms with Crippen LogP contribution in [0.5, 0.6) is 0 Å². The molecule has 0 saturated carbocycles. The normalized spacial score (nSPS) is 11.7. The molecule has 0 bridgehead atoms. The second-order valence-corrected chi connectivity index (χ2v) is 12.1. The molecule has 5 rings (SSSR count). The maximum atomic E-state index is 2.30. The van der Waals surface area contributed by atoms with Crippen LogP contribution in [0.3, 0.4) is 0 Å². The van der Waals surface area contributed by atoms with Gasteiger partial charge in [-0.05, 0) is 36.8 Å². The summed E-state index contributed by atoms with van der Waals surface area (Å²) in [6, 6.07) is 22.2. The van der Waals surface area contributed by atoms with Crippen molar-refractivity contribution in [1.29, 1.82) is 0 Å². The van der Waals surface area contributed by atoms with Gasteiger partial charge in [0.1, 0.15) is 0 Å². The molecule has 0 radical (unpaired) electrons. The molecular formula is C30H32S3. The first-order valence-corrected chi connectivity index (χ1v) is 14.9. The molecule has 0 aliphatic heterocycles. The first-order chi connectivity index (χ1) is 16.3. The van der Waals surface area contributed by atoms with Crippen molar-refractivity contribution in [3.8, 4) is 20.9 Å². The number of unbranched alkanes of at least 4 members (excludes halogenated alkanes) is 4. The Bertz CT molecular complexity index is 1320. The SMILES string of the molecule is CCCCCc1sc(-c2ccccc2)c2c1sc1c(-c3ccccc3)sc(CCCCC)c12. The summed E-state index contributed by atoms with van der Waals surface area (Å²) in [6.07, 6.45) is 10.2. The van der Waals surface area contributed by atoms with E-state index in [9.17, 15) is 0 Å². The number of rotatable bonds is 10. The molecule has 0 unspecified atom stereocenters. The van der Waals surface area contributed by atoms with Gasteiger partial charge in [-0.2, -0.15) is 0 Å². The predicted octanol–water partition coefficient (Wildman–Crippen LogP) is 11.0. The van der Waals surface area contributed by atoms with E-state index in [2.05, 4.69) is 97.2 Å². The number of thiophene rings is 3. The van der Waals surface area contributed by atoms with Gasteiger partial charge in [-0.15, -0.1) is 34.0 Å². The highest BCUT2D eigenvalue weighted by Gasteiger charge is 2.24. The van der Waals surface area contributed by atoms with Crippen molar-refractivity contribution in [1.82, 2.24) is 0 Å². The lowest BCUT2D eigenvalue weighted by Gasteiger charge is -2.01. The van der Waals surface area contributed by atoms with Crippen LogP contribution in [0.1, 0.15) is 62.1 Å². The lowest BCUT2D eigenvalue weighted by atomic mass is 10.0. The summed E-state index contributed by atoms with van der Waals surface area (Å²) in [4.78, 5) is 6.15. The van der Waals surface area contributed by atoms with Crippen molar-refractivity contribution < 1.29 is 0 Å². The molecule has 5 aromatic rings. The van der Waals surface area contributed by atoms with Crippen LogP contribution in [-0.2, 0) is 12.8 Å². The Morgan fingerprint density at radius 2 is 1.06 bits per heavy atom. The van der Waals surface area contributed by atoms with Gasteiger partial charge >= 0.3 is 0 Å². The highest BCUT2D eigenvalue weighted by molar-refractivity contribution is 7.34. The minimum atomic E-state index is 1.20. The molecule has 3 heteroatoms. The van der Waals surface area contributed by atoms with Crippen LogP contribution >= 0.6 is 34.0 Å². The second kappa shape index (κ2) is 10.5. The van der Waals surface area contributed by atoms with E-state index in [-0.39, 0.29) is 0 Å². The maximum Gasteiger partial charge on any atom is 0.0545 e. The van der Waals surface area contributed by atoms with Crippen LogP contribution < -0.4 is 0 Å². The lowest BCUT2D eigenvalue weighted by molar-refractivity contribution is 0.724. The van der Waals surface area contributed by atoms with E-state index in [4.69, 9.17) is 0 Å². The van der Waals surface area contributed by atoms with E-state index < -0.39 is 0 Å². The Morgan fingerprint density at radius 1 is 0.515 bits per heavy atom. The first-order valence-electron chi connectivity index (χ1n) is 12.4. The third kappa shape index (κ3) is 4.56. The van der Waals surface area contributed by atoms with Gasteiger partial charge in [0.2, 0.25) is 0 Å². The summed E-state index contributed by atoms with van der Waals surface area (Å²) in [5.74, 6) is 0. The van der Waals surface area contributed by atoms with Crippen LogP contribution in [-0.4, -0.2) is 0 Å². The summed E-state index contributed by atoms with van der Waals surface area (Å²) in [7, 11) is 0. The van der Waals surface area contributed by atoms with Gasteiger partial charge in [-0.25, -0.2) is 0 Å². The van der Waals surface area contributed by atoms with Gasteiger partial charge in [0.05, 0.1) is 14.3 Å². The molecule has 0 atom stereocenters. The Labute approximate surface area is 209 Å². The van der Waals surface area contributed by atoms with Crippen molar-refractivity contribution >= 4 is 54.2 Å². The minimum absolute atomic E-state index is 1.20. The fourth-order valence-corrected chi connectivity index (χ4v) is 9.08. The zero-order valence-corrected chi connectivity index (χ0v) is 22.1. The van der Waals surface area contributed by atoms with Gasteiger partial charge < -0.3 is 0 Å². The van der Waals surface area contributed by atoms with Crippen LogP contribution in [0.15, 0.2) is 60.7 Å².